The lowest BCUT2D eigenvalue weighted by molar-refractivity contribution is 0.0835. The Morgan fingerprint density at radius 2 is 2.36 bits per heavy atom. The molecular weight excluding hydrogens is 312 g/mol. The summed E-state index contributed by atoms with van der Waals surface area (Å²) in [4.78, 5) is 19.9. The van der Waals surface area contributed by atoms with Gasteiger partial charge in [0.15, 0.2) is 5.82 Å². The second-order valence-electron chi connectivity index (χ2n) is 4.88. The first-order valence-corrected chi connectivity index (χ1v) is 7.30. The number of carbonyl (C=O) groups is 1. The van der Waals surface area contributed by atoms with Crippen LogP contribution in [0.3, 0.4) is 0 Å². The lowest BCUT2D eigenvalue weighted by atomic mass is 10.2. The van der Waals surface area contributed by atoms with Crippen LogP contribution in [0.5, 0.6) is 0 Å². The van der Waals surface area contributed by atoms with Crippen LogP contribution in [-0.4, -0.2) is 44.0 Å². The van der Waals surface area contributed by atoms with Crippen molar-refractivity contribution < 1.29 is 14.1 Å². The zero-order valence-corrected chi connectivity index (χ0v) is 12.7. The Kier molecular flexibility index (Phi) is 4.34. The van der Waals surface area contributed by atoms with Crippen molar-refractivity contribution in [2.45, 2.75) is 25.4 Å². The fraction of sp³-hybridized carbons (Fsp3) is 0.583. The first-order chi connectivity index (χ1) is 10.6. The molecule has 1 fully saturated rings. The van der Waals surface area contributed by atoms with Gasteiger partial charge in [0.2, 0.25) is 11.1 Å². The molecule has 0 saturated carbocycles. The van der Waals surface area contributed by atoms with E-state index in [0.29, 0.717) is 24.7 Å². The largest absolute Gasteiger partial charge is 0.368 e. The van der Waals surface area contributed by atoms with E-state index in [0.717, 1.165) is 19.4 Å². The molecule has 0 aromatic carbocycles. The molecule has 3 heterocycles. The van der Waals surface area contributed by atoms with Crippen LogP contribution in [0.25, 0.3) is 0 Å². The molecule has 9 nitrogen and oxygen atoms in total. The van der Waals surface area contributed by atoms with Crippen molar-refractivity contribution in [2.24, 2.45) is 7.05 Å². The molecule has 1 aliphatic rings. The van der Waals surface area contributed by atoms with Crippen molar-refractivity contribution >= 4 is 17.5 Å². The lowest BCUT2D eigenvalue weighted by Gasteiger charge is -2.01. The van der Waals surface area contributed by atoms with Crippen LogP contribution >= 0.6 is 11.6 Å². The molecule has 1 N–H and O–H groups in total. The van der Waals surface area contributed by atoms with E-state index in [1.54, 1.807) is 7.05 Å². The molecule has 1 unspecified atom stereocenters. The molecule has 2 aromatic heterocycles. The van der Waals surface area contributed by atoms with Crippen LogP contribution in [0, 0.1) is 0 Å². The molecule has 1 amide bonds. The molecule has 1 saturated heterocycles. The number of aryl methyl sites for hydroxylation is 1. The molecule has 118 valence electrons. The maximum absolute atomic E-state index is 11.8. The molecule has 10 heteroatoms. The minimum Gasteiger partial charge on any atom is -0.368 e. The molecule has 1 aliphatic heterocycles. The van der Waals surface area contributed by atoms with Gasteiger partial charge in [-0.1, -0.05) is 5.16 Å². The Balaban J connectivity index is 1.49. The predicted octanol–water partition coefficient (Wildman–Crippen LogP) is 0.675. The first kappa shape index (κ1) is 14.9. The molecule has 2 aromatic rings. The number of halogens is 1. The molecule has 0 aliphatic carbocycles. The number of nitrogens with zero attached hydrogens (tertiary/aromatic N) is 5. The average molecular weight is 327 g/mol. The fourth-order valence-corrected chi connectivity index (χ4v) is 2.22. The van der Waals surface area contributed by atoms with Gasteiger partial charge in [-0.2, -0.15) is 9.97 Å². The zero-order chi connectivity index (χ0) is 15.5. The molecule has 0 radical (unpaired) electrons. The third-order valence-electron chi connectivity index (χ3n) is 3.24. The molecular formula is C12H15ClN6O3. The Hall–Kier alpha value is -2.00. The molecule has 1 atom stereocenters. The number of rotatable bonds is 5. The molecule has 3 rings (SSSR count). The van der Waals surface area contributed by atoms with Crippen LogP contribution in [0.2, 0.25) is 5.28 Å². The standard InChI is InChI=1S/C12H15ClN6O3/c1-19-12(13)16-9(17-19)10(20)14-5-4-8-15-11(22-18-8)7-3-2-6-21-7/h7H,2-6H2,1H3,(H,14,20). The number of hydrogen-bond donors (Lipinski definition) is 1. The monoisotopic (exact) mass is 326 g/mol. The second kappa shape index (κ2) is 6.41. The topological polar surface area (TPSA) is 108 Å². The van der Waals surface area contributed by atoms with E-state index in [-0.39, 0.29) is 17.2 Å². The highest BCUT2D eigenvalue weighted by Crippen LogP contribution is 2.26. The van der Waals surface area contributed by atoms with Crippen molar-refractivity contribution in [2.75, 3.05) is 13.2 Å². The SMILES string of the molecule is Cn1nc(C(=O)NCCc2noc(C3CCCO3)n2)nc1Cl. The summed E-state index contributed by atoms with van der Waals surface area (Å²) in [5, 5.41) is 10.6. The van der Waals surface area contributed by atoms with Crippen LogP contribution in [0.15, 0.2) is 4.52 Å². The Morgan fingerprint density at radius 1 is 1.50 bits per heavy atom. The van der Waals surface area contributed by atoms with Crippen molar-refractivity contribution in [3.8, 4) is 0 Å². The van der Waals surface area contributed by atoms with Gasteiger partial charge in [-0.05, 0) is 24.4 Å². The summed E-state index contributed by atoms with van der Waals surface area (Å²) in [7, 11) is 1.61. The number of nitrogens with one attached hydrogen (secondary N) is 1. The maximum atomic E-state index is 11.8. The highest BCUT2D eigenvalue weighted by molar-refractivity contribution is 6.28. The summed E-state index contributed by atoms with van der Waals surface area (Å²) in [6.07, 6.45) is 2.24. The van der Waals surface area contributed by atoms with Crippen molar-refractivity contribution in [3.05, 3.63) is 22.8 Å². The van der Waals surface area contributed by atoms with Crippen LogP contribution < -0.4 is 5.32 Å². The molecule has 0 bridgehead atoms. The lowest BCUT2D eigenvalue weighted by Crippen LogP contribution is -2.27. The van der Waals surface area contributed by atoms with E-state index in [4.69, 9.17) is 20.9 Å². The Labute approximate surface area is 131 Å². The smallest absolute Gasteiger partial charge is 0.291 e. The van der Waals surface area contributed by atoms with Crippen LogP contribution in [0.1, 0.15) is 41.3 Å². The van der Waals surface area contributed by atoms with E-state index in [1.807, 2.05) is 0 Å². The Morgan fingerprint density at radius 3 is 3.05 bits per heavy atom. The van der Waals surface area contributed by atoms with E-state index in [2.05, 4.69) is 25.5 Å². The number of amides is 1. The molecule has 0 spiro atoms. The van der Waals surface area contributed by atoms with Gasteiger partial charge in [-0.3, -0.25) is 4.79 Å². The third-order valence-corrected chi connectivity index (χ3v) is 3.57. The highest BCUT2D eigenvalue weighted by Gasteiger charge is 2.23. The Bertz CT molecular complexity index is 644. The summed E-state index contributed by atoms with van der Waals surface area (Å²) in [5.74, 6) is 0.654. The van der Waals surface area contributed by atoms with Gasteiger partial charge in [-0.15, -0.1) is 5.10 Å². The van der Waals surface area contributed by atoms with Gasteiger partial charge in [0.1, 0.15) is 6.10 Å². The van der Waals surface area contributed by atoms with E-state index in [1.165, 1.54) is 4.68 Å². The number of ether oxygens (including phenoxy) is 1. The van der Waals surface area contributed by atoms with E-state index < -0.39 is 5.91 Å². The molecule has 22 heavy (non-hydrogen) atoms. The van der Waals surface area contributed by atoms with Crippen LogP contribution in [-0.2, 0) is 18.2 Å². The quantitative estimate of drug-likeness (QED) is 0.860. The fourth-order valence-electron chi connectivity index (χ4n) is 2.10. The summed E-state index contributed by atoms with van der Waals surface area (Å²) in [5.41, 5.74) is 0. The minimum atomic E-state index is -0.398. The van der Waals surface area contributed by atoms with E-state index in [9.17, 15) is 4.79 Å². The summed E-state index contributed by atoms with van der Waals surface area (Å²) in [6.45, 7) is 1.07. The summed E-state index contributed by atoms with van der Waals surface area (Å²) < 4.78 is 12.0. The highest BCUT2D eigenvalue weighted by atomic mass is 35.5. The van der Waals surface area contributed by atoms with Gasteiger partial charge in [0.05, 0.1) is 0 Å². The van der Waals surface area contributed by atoms with Gasteiger partial charge in [0.25, 0.3) is 11.8 Å². The van der Waals surface area contributed by atoms with Crippen LogP contribution in [0.4, 0.5) is 0 Å². The summed E-state index contributed by atoms with van der Waals surface area (Å²) >= 11 is 5.73. The predicted molar refractivity (Wildman–Crippen MR) is 74.3 cm³/mol. The van der Waals surface area contributed by atoms with E-state index >= 15 is 0 Å². The van der Waals surface area contributed by atoms with Crippen molar-refractivity contribution in [1.82, 2.24) is 30.2 Å². The number of carbonyl (C=O) groups excluding carboxylic acids is 1. The van der Waals surface area contributed by atoms with Crippen molar-refractivity contribution in [3.63, 3.8) is 0 Å². The van der Waals surface area contributed by atoms with Crippen molar-refractivity contribution in [1.29, 1.82) is 0 Å². The van der Waals surface area contributed by atoms with Gasteiger partial charge >= 0.3 is 0 Å². The number of hydrogen-bond acceptors (Lipinski definition) is 7. The van der Waals surface area contributed by atoms with Gasteiger partial charge < -0.3 is 14.6 Å². The summed E-state index contributed by atoms with van der Waals surface area (Å²) in [6, 6.07) is 0. The average Bonchev–Trinajstić information content (AvgIpc) is 3.21. The second-order valence-corrected chi connectivity index (χ2v) is 5.22. The van der Waals surface area contributed by atoms with Gasteiger partial charge in [0, 0.05) is 26.6 Å². The number of aromatic nitrogens is 5. The third kappa shape index (κ3) is 3.25. The zero-order valence-electron chi connectivity index (χ0n) is 12.0. The first-order valence-electron chi connectivity index (χ1n) is 6.92. The minimum absolute atomic E-state index is 0.0284. The normalized spacial score (nSPS) is 17.8. The maximum Gasteiger partial charge on any atom is 0.291 e. The van der Waals surface area contributed by atoms with Gasteiger partial charge in [-0.25, -0.2) is 4.68 Å².